The molecule has 1 saturated heterocycles. The van der Waals surface area contributed by atoms with Gasteiger partial charge in [-0.05, 0) is 41.5 Å². The molecule has 0 spiro atoms. The second-order valence-electron chi connectivity index (χ2n) is 8.12. The Labute approximate surface area is 160 Å². The number of nitrogens with one attached hydrogen (secondary N) is 1. The number of fused-ring (bicyclic) bond motifs is 1. The van der Waals surface area contributed by atoms with Crippen LogP contribution < -0.4 is 10.5 Å². The van der Waals surface area contributed by atoms with E-state index in [4.69, 9.17) is 4.98 Å². The van der Waals surface area contributed by atoms with Crippen LogP contribution in [-0.4, -0.2) is 23.1 Å². The summed E-state index contributed by atoms with van der Waals surface area (Å²) in [5.74, 6) is 1.96. The number of piperidine rings is 1. The monoisotopic (exact) mass is 361 g/mol. The van der Waals surface area contributed by atoms with Crippen molar-refractivity contribution >= 4 is 16.7 Å². The third-order valence-electron chi connectivity index (χ3n) is 5.63. The zero-order valence-corrected chi connectivity index (χ0v) is 16.3. The molecule has 140 valence electrons. The predicted octanol–water partition coefficient (Wildman–Crippen LogP) is 4.30. The minimum absolute atomic E-state index is 0.0173. The quantitative estimate of drug-likeness (QED) is 0.756. The van der Waals surface area contributed by atoms with E-state index in [2.05, 4.69) is 54.1 Å². The van der Waals surface area contributed by atoms with Gasteiger partial charge in [-0.2, -0.15) is 0 Å². The number of aromatic nitrogens is 2. The Bertz CT molecular complexity index is 1010. The van der Waals surface area contributed by atoms with Crippen LogP contribution in [0.4, 0.5) is 5.95 Å². The Hall–Kier alpha value is -2.62. The first-order valence-electron chi connectivity index (χ1n) is 9.82. The van der Waals surface area contributed by atoms with Crippen LogP contribution in [0.5, 0.6) is 0 Å². The van der Waals surface area contributed by atoms with Crippen LogP contribution >= 0.6 is 0 Å². The van der Waals surface area contributed by atoms with Crippen LogP contribution in [0.25, 0.3) is 10.8 Å². The normalized spacial score (nSPS) is 20.2. The van der Waals surface area contributed by atoms with Crippen LogP contribution in [0.15, 0.2) is 47.3 Å². The summed E-state index contributed by atoms with van der Waals surface area (Å²) >= 11 is 0. The number of benzene rings is 2. The fraction of sp³-hybridized carbons (Fsp3) is 0.391. The Morgan fingerprint density at radius 1 is 1.07 bits per heavy atom. The van der Waals surface area contributed by atoms with Crippen LogP contribution in [0.3, 0.4) is 0 Å². The fourth-order valence-electron chi connectivity index (χ4n) is 4.43. The molecule has 0 unspecified atom stereocenters. The molecule has 4 nitrogen and oxygen atoms in total. The molecule has 3 aromatic rings. The second-order valence-corrected chi connectivity index (χ2v) is 8.12. The lowest BCUT2D eigenvalue weighted by Gasteiger charge is -2.35. The molecule has 1 aromatic heterocycles. The third kappa shape index (κ3) is 3.61. The van der Waals surface area contributed by atoms with Gasteiger partial charge in [-0.1, -0.05) is 56.3 Å². The van der Waals surface area contributed by atoms with E-state index in [1.807, 2.05) is 19.1 Å². The number of anilines is 1. The van der Waals surface area contributed by atoms with E-state index < -0.39 is 0 Å². The molecule has 2 atom stereocenters. The number of nitrogens with zero attached hydrogens (tertiary/aromatic N) is 2. The first kappa shape index (κ1) is 17.8. The third-order valence-corrected chi connectivity index (χ3v) is 5.63. The largest absolute Gasteiger partial charge is 0.342 e. The summed E-state index contributed by atoms with van der Waals surface area (Å²) in [7, 11) is 0. The predicted molar refractivity (Wildman–Crippen MR) is 112 cm³/mol. The number of hydrogen-bond donors (Lipinski definition) is 1. The molecule has 0 bridgehead atoms. The maximum atomic E-state index is 12.9. The zero-order valence-electron chi connectivity index (χ0n) is 16.3. The number of rotatable bonds is 3. The Morgan fingerprint density at radius 2 is 1.78 bits per heavy atom. The van der Waals surface area contributed by atoms with Gasteiger partial charge in [0, 0.05) is 25.1 Å². The zero-order chi connectivity index (χ0) is 19.0. The highest BCUT2D eigenvalue weighted by molar-refractivity contribution is 5.85. The average molecular weight is 361 g/mol. The van der Waals surface area contributed by atoms with E-state index in [1.54, 1.807) is 0 Å². The number of hydrogen-bond acceptors (Lipinski definition) is 3. The molecule has 1 aliphatic heterocycles. The van der Waals surface area contributed by atoms with Crippen molar-refractivity contribution in [2.45, 2.75) is 33.6 Å². The summed E-state index contributed by atoms with van der Waals surface area (Å²) < 4.78 is 0. The lowest BCUT2D eigenvalue weighted by Crippen LogP contribution is -2.40. The van der Waals surface area contributed by atoms with Gasteiger partial charge in [-0.3, -0.25) is 9.78 Å². The maximum Gasteiger partial charge on any atom is 0.256 e. The van der Waals surface area contributed by atoms with Crippen LogP contribution in [-0.2, 0) is 6.42 Å². The van der Waals surface area contributed by atoms with Crippen molar-refractivity contribution < 1.29 is 0 Å². The summed E-state index contributed by atoms with van der Waals surface area (Å²) in [5.41, 5.74) is 2.73. The summed E-state index contributed by atoms with van der Waals surface area (Å²) in [6, 6.07) is 14.6. The molecule has 0 amide bonds. The molecule has 1 aliphatic rings. The molecule has 0 aliphatic carbocycles. The van der Waals surface area contributed by atoms with Gasteiger partial charge in [0.15, 0.2) is 0 Å². The van der Waals surface area contributed by atoms with Gasteiger partial charge in [-0.25, -0.2) is 4.98 Å². The highest BCUT2D eigenvalue weighted by Gasteiger charge is 2.24. The molecular formula is C23H27N3O. The van der Waals surface area contributed by atoms with Gasteiger partial charge < -0.3 is 4.90 Å². The van der Waals surface area contributed by atoms with Crippen molar-refractivity contribution in [3.63, 3.8) is 0 Å². The molecule has 1 N–H and O–H groups in total. The summed E-state index contributed by atoms with van der Waals surface area (Å²) in [5, 5.41) is 2.39. The van der Waals surface area contributed by atoms with Crippen molar-refractivity contribution in [1.29, 1.82) is 0 Å². The average Bonchev–Trinajstić information content (AvgIpc) is 2.64. The van der Waals surface area contributed by atoms with E-state index in [0.29, 0.717) is 18.3 Å². The van der Waals surface area contributed by atoms with Gasteiger partial charge in [-0.15, -0.1) is 0 Å². The Kier molecular flexibility index (Phi) is 4.73. The van der Waals surface area contributed by atoms with Crippen LogP contribution in [0.2, 0.25) is 0 Å². The van der Waals surface area contributed by atoms with Crippen molar-refractivity contribution in [2.24, 2.45) is 11.8 Å². The van der Waals surface area contributed by atoms with E-state index in [9.17, 15) is 4.79 Å². The highest BCUT2D eigenvalue weighted by Crippen LogP contribution is 2.25. The molecule has 27 heavy (non-hydrogen) atoms. The minimum Gasteiger partial charge on any atom is -0.342 e. The number of H-pyrrole nitrogens is 1. The van der Waals surface area contributed by atoms with E-state index in [1.165, 1.54) is 17.2 Å². The van der Waals surface area contributed by atoms with Gasteiger partial charge in [0.2, 0.25) is 5.95 Å². The van der Waals surface area contributed by atoms with Gasteiger partial charge in [0.25, 0.3) is 5.56 Å². The first-order chi connectivity index (χ1) is 13.0. The lowest BCUT2D eigenvalue weighted by atomic mass is 9.92. The molecule has 0 radical (unpaired) electrons. The Balaban J connectivity index is 1.67. The van der Waals surface area contributed by atoms with Crippen molar-refractivity contribution in [3.05, 3.63) is 69.6 Å². The number of aryl methyl sites for hydroxylation is 1. The van der Waals surface area contributed by atoms with E-state index >= 15 is 0 Å². The number of aromatic amines is 1. The van der Waals surface area contributed by atoms with E-state index in [0.717, 1.165) is 35.9 Å². The highest BCUT2D eigenvalue weighted by atomic mass is 16.1. The molecule has 4 rings (SSSR count). The Morgan fingerprint density at radius 3 is 2.52 bits per heavy atom. The first-order valence-corrected chi connectivity index (χ1v) is 9.82. The van der Waals surface area contributed by atoms with E-state index in [-0.39, 0.29) is 5.56 Å². The SMILES string of the molecule is Cc1nc(N2C[C@@H](C)C[C@H](C)C2)[nH]c(=O)c1Cc1cccc2ccccc12. The van der Waals surface area contributed by atoms with Gasteiger partial charge in [0.1, 0.15) is 0 Å². The van der Waals surface area contributed by atoms with Crippen molar-refractivity contribution in [2.75, 3.05) is 18.0 Å². The van der Waals surface area contributed by atoms with Gasteiger partial charge in [0.05, 0.1) is 5.69 Å². The smallest absolute Gasteiger partial charge is 0.256 e. The minimum atomic E-state index is -0.0173. The maximum absolute atomic E-state index is 12.9. The lowest BCUT2D eigenvalue weighted by molar-refractivity contribution is 0.353. The topological polar surface area (TPSA) is 49.0 Å². The summed E-state index contributed by atoms with van der Waals surface area (Å²) in [6.45, 7) is 8.39. The molecule has 0 saturated carbocycles. The molecule has 2 aromatic carbocycles. The van der Waals surface area contributed by atoms with Crippen molar-refractivity contribution in [1.82, 2.24) is 9.97 Å². The fourth-order valence-corrected chi connectivity index (χ4v) is 4.43. The van der Waals surface area contributed by atoms with Crippen molar-refractivity contribution in [3.8, 4) is 0 Å². The molecule has 2 heterocycles. The van der Waals surface area contributed by atoms with Crippen LogP contribution in [0.1, 0.15) is 37.1 Å². The standard InChI is InChI=1S/C23H27N3O/c1-15-11-16(2)14-26(13-15)23-24-17(3)21(22(27)25-23)12-19-9-6-8-18-7-4-5-10-20(18)19/h4-10,15-16H,11-14H2,1-3H3,(H,24,25,27)/t15-,16-/m0/s1. The summed E-state index contributed by atoms with van der Waals surface area (Å²) in [6.07, 6.45) is 1.83. The summed E-state index contributed by atoms with van der Waals surface area (Å²) in [4.78, 5) is 22.9. The second kappa shape index (κ2) is 7.18. The molecule has 4 heteroatoms. The molecular weight excluding hydrogens is 334 g/mol. The van der Waals surface area contributed by atoms with Crippen LogP contribution in [0, 0.1) is 18.8 Å². The molecule has 1 fully saturated rings. The van der Waals surface area contributed by atoms with Gasteiger partial charge >= 0.3 is 0 Å².